The molecule has 1 aromatic carbocycles. The molecule has 0 saturated carbocycles. The van der Waals surface area contributed by atoms with Crippen molar-refractivity contribution < 1.29 is 14.3 Å². The Morgan fingerprint density at radius 3 is 2.58 bits per heavy atom. The minimum absolute atomic E-state index is 0.0291. The third kappa shape index (κ3) is 2.75. The van der Waals surface area contributed by atoms with Crippen molar-refractivity contribution in [3.05, 3.63) is 46.7 Å². The van der Waals surface area contributed by atoms with Crippen LogP contribution in [0.2, 0.25) is 0 Å². The van der Waals surface area contributed by atoms with Crippen LogP contribution in [-0.4, -0.2) is 33.8 Å². The third-order valence-corrected chi connectivity index (χ3v) is 5.20. The quantitative estimate of drug-likeness (QED) is 0.790. The summed E-state index contributed by atoms with van der Waals surface area (Å²) in [6.07, 6.45) is 0. The molecule has 2 heterocycles. The third-order valence-electron chi connectivity index (χ3n) is 4.15. The summed E-state index contributed by atoms with van der Waals surface area (Å²) in [6.45, 7) is 7.71. The molecule has 126 valence electrons. The van der Waals surface area contributed by atoms with Crippen LogP contribution in [0.5, 0.6) is 0 Å². The van der Waals surface area contributed by atoms with E-state index >= 15 is 0 Å². The zero-order valence-electron chi connectivity index (χ0n) is 14.2. The first-order chi connectivity index (χ1) is 11.4. The molecule has 1 amide bonds. The molecule has 24 heavy (non-hydrogen) atoms. The van der Waals surface area contributed by atoms with E-state index in [1.54, 1.807) is 18.7 Å². The number of carbonyl (C=O) groups is 2. The van der Waals surface area contributed by atoms with Crippen molar-refractivity contribution in [1.29, 1.82) is 0 Å². The number of allylic oxidation sites excluding steroid dienone is 1. The summed E-state index contributed by atoms with van der Waals surface area (Å²) in [7, 11) is 0. The van der Waals surface area contributed by atoms with Crippen LogP contribution in [0.25, 0.3) is 0 Å². The summed E-state index contributed by atoms with van der Waals surface area (Å²) in [4.78, 5) is 31.3. The standard InChI is InChI=1S/C18H20N2O3S/c1-5-23-17(22)14-11(3)19-18-20(16(21)12(4)24-18)15(14)13-8-6-10(2)7-9-13/h6-9,12,15H,5H2,1-4H3/t12-,15-/m0/s1. The Balaban J connectivity index is 2.14. The normalized spacial score (nSPS) is 23.2. The lowest BCUT2D eigenvalue weighted by Gasteiger charge is -2.33. The van der Waals surface area contributed by atoms with Gasteiger partial charge in [0.2, 0.25) is 5.91 Å². The van der Waals surface area contributed by atoms with Gasteiger partial charge in [0.15, 0.2) is 5.17 Å². The molecule has 6 heteroatoms. The summed E-state index contributed by atoms with van der Waals surface area (Å²) >= 11 is 1.43. The minimum atomic E-state index is -0.484. The molecule has 0 spiro atoms. The van der Waals surface area contributed by atoms with Gasteiger partial charge in [-0.25, -0.2) is 9.79 Å². The summed E-state index contributed by atoms with van der Waals surface area (Å²) in [5.74, 6) is -0.445. The summed E-state index contributed by atoms with van der Waals surface area (Å²) in [5.41, 5.74) is 3.06. The Labute approximate surface area is 145 Å². The number of rotatable bonds is 3. The molecule has 2 atom stereocenters. The summed E-state index contributed by atoms with van der Waals surface area (Å²) in [5, 5.41) is 0.453. The minimum Gasteiger partial charge on any atom is -0.463 e. The van der Waals surface area contributed by atoms with Crippen molar-refractivity contribution in [2.75, 3.05) is 6.61 Å². The lowest BCUT2D eigenvalue weighted by Crippen LogP contribution is -2.40. The van der Waals surface area contributed by atoms with Gasteiger partial charge in [0.05, 0.1) is 29.2 Å². The van der Waals surface area contributed by atoms with Gasteiger partial charge in [-0.1, -0.05) is 41.6 Å². The van der Waals surface area contributed by atoms with Crippen molar-refractivity contribution in [3.8, 4) is 0 Å². The van der Waals surface area contributed by atoms with E-state index in [-0.39, 0.29) is 17.8 Å². The molecule has 0 unspecified atom stereocenters. The Kier molecular flexibility index (Phi) is 4.49. The van der Waals surface area contributed by atoms with Crippen LogP contribution in [0.15, 0.2) is 40.5 Å². The van der Waals surface area contributed by atoms with Gasteiger partial charge in [-0.3, -0.25) is 9.69 Å². The molecule has 2 aliphatic rings. The van der Waals surface area contributed by atoms with Gasteiger partial charge < -0.3 is 4.74 Å². The summed E-state index contributed by atoms with van der Waals surface area (Å²) in [6, 6.07) is 7.39. The first kappa shape index (κ1) is 16.8. The molecule has 0 radical (unpaired) electrons. The van der Waals surface area contributed by atoms with Gasteiger partial charge in [0, 0.05) is 0 Å². The fourth-order valence-corrected chi connectivity index (χ4v) is 3.97. The Hall–Kier alpha value is -2.08. The number of ether oxygens (including phenoxy) is 1. The molecule has 1 aromatic rings. The van der Waals surface area contributed by atoms with E-state index in [1.165, 1.54) is 11.8 Å². The van der Waals surface area contributed by atoms with Gasteiger partial charge >= 0.3 is 5.97 Å². The number of fused-ring (bicyclic) bond motifs is 1. The fraction of sp³-hybridized carbons (Fsp3) is 0.389. The van der Waals surface area contributed by atoms with Crippen LogP contribution in [0.1, 0.15) is 37.9 Å². The zero-order chi connectivity index (χ0) is 17.4. The van der Waals surface area contributed by atoms with E-state index in [4.69, 9.17) is 4.74 Å². The number of amidine groups is 1. The predicted octanol–water partition coefficient (Wildman–Crippen LogP) is 3.21. The van der Waals surface area contributed by atoms with E-state index in [2.05, 4.69) is 4.99 Å². The molecular formula is C18H20N2O3S. The maximum atomic E-state index is 12.7. The number of aryl methyl sites for hydroxylation is 1. The zero-order valence-corrected chi connectivity index (χ0v) is 15.0. The molecule has 3 rings (SSSR count). The van der Waals surface area contributed by atoms with Crippen molar-refractivity contribution in [2.24, 2.45) is 4.99 Å². The average Bonchev–Trinajstić information content (AvgIpc) is 2.81. The van der Waals surface area contributed by atoms with Crippen LogP contribution < -0.4 is 0 Å². The molecule has 1 saturated heterocycles. The van der Waals surface area contributed by atoms with Crippen molar-refractivity contribution in [3.63, 3.8) is 0 Å². The van der Waals surface area contributed by atoms with Crippen molar-refractivity contribution >= 4 is 28.8 Å². The first-order valence-corrected chi connectivity index (χ1v) is 8.85. The Bertz CT molecular complexity index is 752. The highest BCUT2D eigenvalue weighted by atomic mass is 32.2. The molecule has 0 N–H and O–H groups in total. The Morgan fingerprint density at radius 2 is 1.96 bits per heavy atom. The first-order valence-electron chi connectivity index (χ1n) is 7.97. The average molecular weight is 344 g/mol. The van der Waals surface area contributed by atoms with E-state index in [0.29, 0.717) is 16.4 Å². The maximum absolute atomic E-state index is 12.7. The van der Waals surface area contributed by atoms with Crippen LogP contribution in [0.3, 0.4) is 0 Å². The Morgan fingerprint density at radius 1 is 1.29 bits per heavy atom. The number of aliphatic imine (C=N–C) groups is 1. The van der Waals surface area contributed by atoms with Gasteiger partial charge in [0.1, 0.15) is 0 Å². The summed E-state index contributed by atoms with van der Waals surface area (Å²) < 4.78 is 5.23. The molecule has 2 aliphatic heterocycles. The second kappa shape index (κ2) is 6.43. The van der Waals surface area contributed by atoms with E-state index in [0.717, 1.165) is 11.1 Å². The van der Waals surface area contributed by atoms with Gasteiger partial charge in [-0.2, -0.15) is 0 Å². The second-order valence-electron chi connectivity index (χ2n) is 5.90. The highest BCUT2D eigenvalue weighted by Crippen LogP contribution is 2.43. The highest BCUT2D eigenvalue weighted by Gasteiger charge is 2.46. The number of nitrogens with zero attached hydrogens (tertiary/aromatic N) is 2. The molecular weight excluding hydrogens is 324 g/mol. The largest absolute Gasteiger partial charge is 0.463 e. The number of hydrogen-bond acceptors (Lipinski definition) is 5. The molecule has 0 aromatic heterocycles. The molecule has 1 fully saturated rings. The topological polar surface area (TPSA) is 59.0 Å². The monoisotopic (exact) mass is 344 g/mol. The molecule has 0 aliphatic carbocycles. The van der Waals surface area contributed by atoms with E-state index in [9.17, 15) is 9.59 Å². The van der Waals surface area contributed by atoms with Crippen molar-refractivity contribution in [1.82, 2.24) is 4.90 Å². The predicted molar refractivity (Wildman–Crippen MR) is 94.6 cm³/mol. The van der Waals surface area contributed by atoms with Crippen molar-refractivity contribution in [2.45, 2.75) is 39.0 Å². The molecule has 0 bridgehead atoms. The smallest absolute Gasteiger partial charge is 0.338 e. The number of esters is 1. The highest BCUT2D eigenvalue weighted by molar-refractivity contribution is 8.15. The van der Waals surface area contributed by atoms with Gasteiger partial charge in [-0.15, -0.1) is 0 Å². The second-order valence-corrected chi connectivity index (χ2v) is 7.20. The number of amides is 1. The number of hydrogen-bond donors (Lipinski definition) is 0. The molecule has 5 nitrogen and oxygen atoms in total. The van der Waals surface area contributed by atoms with Crippen LogP contribution in [-0.2, 0) is 14.3 Å². The maximum Gasteiger partial charge on any atom is 0.338 e. The lowest BCUT2D eigenvalue weighted by atomic mass is 9.93. The number of carbonyl (C=O) groups excluding carboxylic acids is 2. The fourth-order valence-electron chi connectivity index (χ4n) is 2.94. The lowest BCUT2D eigenvalue weighted by molar-refractivity contribution is -0.139. The van der Waals surface area contributed by atoms with Gasteiger partial charge in [-0.05, 0) is 33.3 Å². The van der Waals surface area contributed by atoms with E-state index < -0.39 is 12.0 Å². The van der Waals surface area contributed by atoms with Gasteiger partial charge in [0.25, 0.3) is 0 Å². The number of thioether (sulfide) groups is 1. The SMILES string of the molecule is CCOC(=O)C1=C(C)N=C2S[C@@H](C)C(=O)N2[C@H]1c1ccc(C)cc1. The van der Waals surface area contributed by atoms with Crippen LogP contribution >= 0.6 is 11.8 Å². The van der Waals surface area contributed by atoms with Crippen LogP contribution in [0.4, 0.5) is 0 Å². The van der Waals surface area contributed by atoms with Crippen LogP contribution in [0, 0.1) is 6.92 Å². The van der Waals surface area contributed by atoms with E-state index in [1.807, 2.05) is 38.1 Å². The number of benzene rings is 1.